The number of allylic oxidation sites excluding steroid dienone is 1. The van der Waals surface area contributed by atoms with Crippen molar-refractivity contribution >= 4 is 0 Å². The average molecular weight is 272 g/mol. The molecule has 4 aliphatic carbocycles. The maximum atomic E-state index is 4.57. The molecule has 0 aromatic heterocycles. The van der Waals surface area contributed by atoms with Crippen LogP contribution in [0, 0.1) is 34.5 Å². The molecule has 0 amide bonds. The number of rotatable bonds is 0. The third-order valence-electron chi connectivity index (χ3n) is 8.31. The lowest BCUT2D eigenvalue weighted by Crippen LogP contribution is -2.52. The van der Waals surface area contributed by atoms with Crippen LogP contribution in [0.5, 0.6) is 0 Å². The van der Waals surface area contributed by atoms with Gasteiger partial charge in [-0.15, -0.1) is 0 Å². The van der Waals surface area contributed by atoms with Crippen LogP contribution in [0.4, 0.5) is 0 Å². The van der Waals surface area contributed by atoms with Gasteiger partial charge in [-0.1, -0.05) is 45.3 Å². The van der Waals surface area contributed by atoms with Crippen molar-refractivity contribution in [2.45, 2.75) is 78.1 Å². The summed E-state index contributed by atoms with van der Waals surface area (Å²) in [7, 11) is 0. The molecule has 0 aliphatic heterocycles. The minimum atomic E-state index is 0.613. The van der Waals surface area contributed by atoms with Crippen LogP contribution in [0.3, 0.4) is 0 Å². The SMILES string of the molecule is C=C1C[C@@H]2[C@@H](CC[C@]3(C)CCC[C@@H]23)[C@@]2(C)CCCCC12. The van der Waals surface area contributed by atoms with Gasteiger partial charge in [0.2, 0.25) is 0 Å². The van der Waals surface area contributed by atoms with Gasteiger partial charge >= 0.3 is 0 Å². The molecule has 6 atom stereocenters. The zero-order valence-electron chi connectivity index (χ0n) is 13.6. The molecule has 0 nitrogen and oxygen atoms in total. The Morgan fingerprint density at radius 1 is 0.900 bits per heavy atom. The lowest BCUT2D eigenvalue weighted by molar-refractivity contribution is -0.0797. The van der Waals surface area contributed by atoms with Crippen molar-refractivity contribution in [2.75, 3.05) is 0 Å². The molecule has 4 fully saturated rings. The first-order valence-electron chi connectivity index (χ1n) is 9.22. The van der Waals surface area contributed by atoms with E-state index in [0.29, 0.717) is 10.8 Å². The first-order chi connectivity index (χ1) is 9.55. The quantitative estimate of drug-likeness (QED) is 0.476. The van der Waals surface area contributed by atoms with Crippen LogP contribution >= 0.6 is 0 Å². The van der Waals surface area contributed by atoms with Crippen molar-refractivity contribution in [3.05, 3.63) is 12.2 Å². The van der Waals surface area contributed by atoms with Gasteiger partial charge in [-0.2, -0.15) is 0 Å². The monoisotopic (exact) mass is 272 g/mol. The maximum Gasteiger partial charge on any atom is -0.0149 e. The Hall–Kier alpha value is -0.260. The Balaban J connectivity index is 1.70. The van der Waals surface area contributed by atoms with Crippen molar-refractivity contribution in [3.8, 4) is 0 Å². The van der Waals surface area contributed by atoms with Crippen LogP contribution in [0.2, 0.25) is 0 Å². The summed E-state index contributed by atoms with van der Waals surface area (Å²) >= 11 is 0. The van der Waals surface area contributed by atoms with Crippen LogP contribution in [0.25, 0.3) is 0 Å². The molecule has 0 saturated heterocycles. The third-order valence-corrected chi connectivity index (χ3v) is 8.31. The van der Waals surface area contributed by atoms with Crippen LogP contribution in [0.1, 0.15) is 78.1 Å². The first-order valence-corrected chi connectivity index (χ1v) is 9.22. The van der Waals surface area contributed by atoms with E-state index in [1.807, 2.05) is 0 Å². The van der Waals surface area contributed by atoms with Crippen LogP contribution in [-0.2, 0) is 0 Å². The van der Waals surface area contributed by atoms with Gasteiger partial charge in [-0.3, -0.25) is 0 Å². The normalized spacial score (nSPS) is 55.0. The van der Waals surface area contributed by atoms with Crippen molar-refractivity contribution in [1.82, 2.24) is 0 Å². The molecule has 0 bridgehead atoms. The van der Waals surface area contributed by atoms with Crippen molar-refractivity contribution < 1.29 is 0 Å². The minimum absolute atomic E-state index is 0.613. The van der Waals surface area contributed by atoms with Crippen molar-refractivity contribution in [3.63, 3.8) is 0 Å². The summed E-state index contributed by atoms with van der Waals surface area (Å²) in [6, 6.07) is 0. The fraction of sp³-hybridized carbons (Fsp3) is 0.900. The molecule has 0 heteroatoms. The topological polar surface area (TPSA) is 0 Å². The zero-order valence-corrected chi connectivity index (χ0v) is 13.6. The van der Waals surface area contributed by atoms with E-state index in [1.165, 1.54) is 64.2 Å². The molecule has 4 aliphatic rings. The Kier molecular flexibility index (Phi) is 2.93. The van der Waals surface area contributed by atoms with Gasteiger partial charge in [0.25, 0.3) is 0 Å². The second-order valence-corrected chi connectivity index (χ2v) is 9.13. The molecule has 0 aromatic rings. The van der Waals surface area contributed by atoms with Crippen molar-refractivity contribution in [2.24, 2.45) is 34.5 Å². The molecule has 1 unspecified atom stereocenters. The summed E-state index contributed by atoms with van der Waals surface area (Å²) in [6.07, 6.45) is 14.8. The fourth-order valence-corrected chi connectivity index (χ4v) is 7.30. The second-order valence-electron chi connectivity index (χ2n) is 9.13. The minimum Gasteiger partial charge on any atom is -0.0995 e. The summed E-state index contributed by atoms with van der Waals surface area (Å²) in [5, 5.41) is 0. The maximum absolute atomic E-state index is 4.57. The van der Waals surface area contributed by atoms with Crippen molar-refractivity contribution in [1.29, 1.82) is 0 Å². The standard InChI is InChI=1S/C20H32/c1-14-13-15-17-8-6-10-19(17,2)12-9-18(15)20(3)11-5-4-7-16(14)20/h15-18H,1,4-13H2,2-3H3/t15-,16?,17-,18+,19-,20-/m0/s1. The van der Waals surface area contributed by atoms with Gasteiger partial charge in [0.1, 0.15) is 0 Å². The third kappa shape index (κ3) is 1.66. The first kappa shape index (κ1) is 13.4. The van der Waals surface area contributed by atoms with Crippen LogP contribution < -0.4 is 0 Å². The van der Waals surface area contributed by atoms with Crippen LogP contribution in [0.15, 0.2) is 12.2 Å². The Morgan fingerprint density at radius 2 is 1.75 bits per heavy atom. The highest BCUT2D eigenvalue weighted by molar-refractivity contribution is 5.19. The summed E-state index contributed by atoms with van der Waals surface area (Å²) in [4.78, 5) is 0. The largest absolute Gasteiger partial charge is 0.0995 e. The molecule has 0 heterocycles. The highest BCUT2D eigenvalue weighted by atomic mass is 14.6. The van der Waals surface area contributed by atoms with Gasteiger partial charge in [-0.05, 0) is 79.4 Å². The van der Waals surface area contributed by atoms with E-state index < -0.39 is 0 Å². The predicted molar refractivity (Wildman–Crippen MR) is 85.5 cm³/mol. The molecule has 0 aromatic carbocycles. The molecule has 4 rings (SSSR count). The molecule has 4 saturated carbocycles. The molecular weight excluding hydrogens is 240 g/mol. The van der Waals surface area contributed by atoms with Gasteiger partial charge in [0.15, 0.2) is 0 Å². The summed E-state index contributed by atoms with van der Waals surface area (Å²) in [5.41, 5.74) is 2.95. The highest BCUT2D eigenvalue weighted by Gasteiger charge is 2.57. The molecular formula is C20H32. The zero-order chi connectivity index (χ0) is 14.0. The fourth-order valence-electron chi connectivity index (χ4n) is 7.30. The molecule has 20 heavy (non-hydrogen) atoms. The highest BCUT2D eigenvalue weighted by Crippen LogP contribution is 2.66. The Labute approximate surface area is 125 Å². The van der Waals surface area contributed by atoms with Crippen LogP contribution in [-0.4, -0.2) is 0 Å². The van der Waals surface area contributed by atoms with E-state index >= 15 is 0 Å². The number of hydrogen-bond donors (Lipinski definition) is 0. The van der Waals surface area contributed by atoms with E-state index in [9.17, 15) is 0 Å². The average Bonchev–Trinajstić information content (AvgIpc) is 2.81. The summed E-state index contributed by atoms with van der Waals surface area (Å²) in [6.45, 7) is 9.83. The Bertz CT molecular complexity index is 422. The van der Waals surface area contributed by atoms with Gasteiger partial charge in [0, 0.05) is 0 Å². The molecule has 112 valence electrons. The van der Waals surface area contributed by atoms with E-state index in [1.54, 1.807) is 5.57 Å². The van der Waals surface area contributed by atoms with E-state index in [0.717, 1.165) is 23.7 Å². The predicted octanol–water partition coefficient (Wildman–Crippen LogP) is 5.98. The molecule has 0 spiro atoms. The van der Waals surface area contributed by atoms with E-state index in [2.05, 4.69) is 20.4 Å². The lowest BCUT2D eigenvalue weighted by Gasteiger charge is -2.60. The lowest BCUT2D eigenvalue weighted by atomic mass is 9.44. The smallest absolute Gasteiger partial charge is 0.0149 e. The van der Waals surface area contributed by atoms with E-state index in [4.69, 9.17) is 0 Å². The second kappa shape index (κ2) is 4.37. The van der Waals surface area contributed by atoms with Gasteiger partial charge in [0.05, 0.1) is 0 Å². The Morgan fingerprint density at radius 3 is 2.60 bits per heavy atom. The number of fused-ring (bicyclic) bond motifs is 5. The molecule has 0 radical (unpaired) electrons. The summed E-state index contributed by atoms with van der Waals surface area (Å²) < 4.78 is 0. The van der Waals surface area contributed by atoms with E-state index in [-0.39, 0.29) is 0 Å². The summed E-state index contributed by atoms with van der Waals surface area (Å²) in [5.74, 6) is 3.90. The number of hydrogen-bond acceptors (Lipinski definition) is 0. The van der Waals surface area contributed by atoms with Gasteiger partial charge < -0.3 is 0 Å². The van der Waals surface area contributed by atoms with Gasteiger partial charge in [-0.25, -0.2) is 0 Å². The molecule has 0 N–H and O–H groups in total.